The molecule has 0 aromatic carbocycles. The fourth-order valence-corrected chi connectivity index (χ4v) is 9.72. The lowest BCUT2D eigenvalue weighted by Crippen LogP contribution is -2.61. The molecule has 2 aliphatic heterocycles. The highest BCUT2D eigenvalue weighted by atomic mass is 16.7. The first-order valence-electron chi connectivity index (χ1n) is 30.4. The van der Waals surface area contributed by atoms with E-state index >= 15 is 0 Å². The van der Waals surface area contributed by atoms with Crippen molar-refractivity contribution in [1.29, 1.82) is 0 Å². The molecule has 75 heavy (non-hydrogen) atoms. The molecular weight excluding hydrogens is 961 g/mol. The second-order valence-electron chi connectivity index (χ2n) is 21.5. The first-order valence-corrected chi connectivity index (χ1v) is 30.4. The third-order valence-corrected chi connectivity index (χ3v) is 14.7. The van der Waals surface area contributed by atoms with Crippen LogP contribution in [0.25, 0.3) is 0 Å². The Morgan fingerprint density at radius 2 is 0.800 bits per heavy atom. The lowest BCUT2D eigenvalue weighted by molar-refractivity contribution is -0.332. The number of unbranched alkanes of at least 4 members (excludes halogenated alkanes) is 31. The molecule has 0 amide bonds. The Bertz CT molecular complexity index is 1400. The molecule has 7 N–H and O–H groups in total. The van der Waals surface area contributed by atoms with E-state index in [1.165, 1.54) is 154 Å². The molecule has 0 aliphatic carbocycles. The van der Waals surface area contributed by atoms with Gasteiger partial charge in [-0.3, -0.25) is 9.59 Å². The van der Waals surface area contributed by atoms with E-state index in [1.54, 1.807) is 0 Å². The van der Waals surface area contributed by atoms with Crippen LogP contribution in [0.2, 0.25) is 0 Å². The van der Waals surface area contributed by atoms with Gasteiger partial charge in [-0.1, -0.05) is 218 Å². The van der Waals surface area contributed by atoms with Gasteiger partial charge in [-0.05, 0) is 44.9 Å². The summed E-state index contributed by atoms with van der Waals surface area (Å²) >= 11 is 0. The molecule has 15 heteroatoms. The summed E-state index contributed by atoms with van der Waals surface area (Å²) in [6, 6.07) is 0. The molecule has 440 valence electrons. The molecule has 0 saturated carbocycles. The molecule has 0 spiro atoms. The summed E-state index contributed by atoms with van der Waals surface area (Å²) in [6.45, 7) is 2.61. The average Bonchev–Trinajstić information content (AvgIpc) is 3.40. The molecule has 0 radical (unpaired) electrons. The van der Waals surface area contributed by atoms with E-state index in [0.29, 0.717) is 12.8 Å². The molecule has 2 rings (SSSR count). The molecule has 0 aromatic heterocycles. The third kappa shape index (κ3) is 33.9. The second-order valence-corrected chi connectivity index (χ2v) is 21.5. The Labute approximate surface area is 453 Å². The summed E-state index contributed by atoms with van der Waals surface area (Å²) < 4.78 is 33.7. The smallest absolute Gasteiger partial charge is 0.306 e. The van der Waals surface area contributed by atoms with Gasteiger partial charge in [-0.25, -0.2) is 0 Å². The number of hydrogen-bond acceptors (Lipinski definition) is 15. The Morgan fingerprint density at radius 1 is 0.427 bits per heavy atom. The zero-order valence-corrected chi connectivity index (χ0v) is 47.0. The number of rotatable bonds is 49. The van der Waals surface area contributed by atoms with Crippen LogP contribution in [0.5, 0.6) is 0 Å². The molecule has 2 aliphatic rings. The zero-order chi connectivity index (χ0) is 54.6. The van der Waals surface area contributed by atoms with Crippen molar-refractivity contribution in [3.05, 3.63) is 24.3 Å². The summed E-state index contributed by atoms with van der Waals surface area (Å²) in [4.78, 5) is 25.9. The monoisotopic (exact) mass is 1070 g/mol. The second kappa shape index (κ2) is 46.9. The number of esters is 2. The Kier molecular flexibility index (Phi) is 43.2. The van der Waals surface area contributed by atoms with Gasteiger partial charge in [0.15, 0.2) is 18.7 Å². The summed E-state index contributed by atoms with van der Waals surface area (Å²) in [6.07, 6.45) is 34.8. The van der Waals surface area contributed by atoms with Crippen molar-refractivity contribution in [1.82, 2.24) is 0 Å². The van der Waals surface area contributed by atoms with Crippen molar-refractivity contribution in [2.45, 2.75) is 319 Å². The van der Waals surface area contributed by atoms with Gasteiger partial charge >= 0.3 is 11.9 Å². The van der Waals surface area contributed by atoms with Crippen LogP contribution in [0.15, 0.2) is 24.3 Å². The Balaban J connectivity index is 1.73. The van der Waals surface area contributed by atoms with Crippen molar-refractivity contribution in [3.8, 4) is 0 Å². The normalized spacial score (nSPS) is 24.6. The highest BCUT2D eigenvalue weighted by Crippen LogP contribution is 2.27. The quantitative estimate of drug-likeness (QED) is 0.0171. The first kappa shape index (κ1) is 69.1. The van der Waals surface area contributed by atoms with E-state index < -0.39 is 92.7 Å². The van der Waals surface area contributed by atoms with Crippen LogP contribution in [0.3, 0.4) is 0 Å². The fraction of sp³-hybridized carbons (Fsp3) is 0.900. The summed E-state index contributed by atoms with van der Waals surface area (Å²) in [5, 5.41) is 72.3. The van der Waals surface area contributed by atoms with Crippen molar-refractivity contribution >= 4 is 11.9 Å². The van der Waals surface area contributed by atoms with Crippen LogP contribution in [0.4, 0.5) is 0 Å². The van der Waals surface area contributed by atoms with Gasteiger partial charge in [0.05, 0.1) is 19.8 Å². The lowest BCUT2D eigenvalue weighted by Gasteiger charge is -2.42. The molecule has 4 unspecified atom stereocenters. The molecule has 2 fully saturated rings. The van der Waals surface area contributed by atoms with Gasteiger partial charge < -0.3 is 64.2 Å². The first-order chi connectivity index (χ1) is 36.5. The molecule has 2 heterocycles. The van der Waals surface area contributed by atoms with Crippen LogP contribution in [-0.4, -0.2) is 142 Å². The Morgan fingerprint density at radius 3 is 1.27 bits per heavy atom. The van der Waals surface area contributed by atoms with Gasteiger partial charge in [-0.15, -0.1) is 0 Å². The van der Waals surface area contributed by atoms with E-state index in [-0.39, 0.29) is 26.1 Å². The van der Waals surface area contributed by atoms with Crippen molar-refractivity contribution in [2.75, 3.05) is 26.4 Å². The van der Waals surface area contributed by atoms with Crippen molar-refractivity contribution in [2.24, 2.45) is 0 Å². The molecular formula is C60H110O15. The van der Waals surface area contributed by atoms with Crippen LogP contribution in [0, 0.1) is 0 Å². The van der Waals surface area contributed by atoms with Crippen LogP contribution in [-0.2, 0) is 38.0 Å². The third-order valence-electron chi connectivity index (χ3n) is 14.7. The molecule has 2 saturated heterocycles. The van der Waals surface area contributed by atoms with E-state index in [9.17, 15) is 45.3 Å². The maximum absolute atomic E-state index is 13.1. The summed E-state index contributed by atoms with van der Waals surface area (Å²) in [7, 11) is 0. The van der Waals surface area contributed by atoms with Crippen LogP contribution >= 0.6 is 0 Å². The molecule has 0 bridgehead atoms. The van der Waals surface area contributed by atoms with Gasteiger partial charge in [0.25, 0.3) is 0 Å². The SMILES string of the molecule is CCCCC/C=C/C/C=C/CCCCCCCCCC(=O)OC[C@H](CO[C@H]1O[C@@H](CO[C@H]2O[C@@H](CO)[C@@H](O)C(O)C2O)[C@@H](O)C(O)C1O)OC(=O)CCCCCCCCCCCCCCCCCCCCCCCC. The van der Waals surface area contributed by atoms with Crippen molar-refractivity contribution in [3.63, 3.8) is 0 Å². The predicted molar refractivity (Wildman–Crippen MR) is 294 cm³/mol. The van der Waals surface area contributed by atoms with Gasteiger partial charge in [0, 0.05) is 12.8 Å². The van der Waals surface area contributed by atoms with E-state index in [0.717, 1.165) is 57.8 Å². The summed E-state index contributed by atoms with van der Waals surface area (Å²) in [5.74, 6) is -0.920. The van der Waals surface area contributed by atoms with E-state index in [4.69, 9.17) is 28.4 Å². The van der Waals surface area contributed by atoms with Gasteiger partial charge in [0.1, 0.15) is 55.4 Å². The molecule has 0 aromatic rings. The molecule has 15 nitrogen and oxygen atoms in total. The maximum atomic E-state index is 13.1. The van der Waals surface area contributed by atoms with Gasteiger partial charge in [0.2, 0.25) is 0 Å². The highest BCUT2D eigenvalue weighted by molar-refractivity contribution is 5.70. The molecule has 11 atom stereocenters. The minimum Gasteiger partial charge on any atom is -0.462 e. The number of hydrogen-bond donors (Lipinski definition) is 7. The number of carbonyl (C=O) groups is 2. The number of allylic oxidation sites excluding steroid dienone is 4. The van der Waals surface area contributed by atoms with Crippen LogP contribution < -0.4 is 0 Å². The van der Waals surface area contributed by atoms with Gasteiger partial charge in [-0.2, -0.15) is 0 Å². The topological polar surface area (TPSA) is 231 Å². The number of aliphatic hydroxyl groups excluding tert-OH is 7. The fourth-order valence-electron chi connectivity index (χ4n) is 9.72. The average molecular weight is 1070 g/mol. The summed E-state index contributed by atoms with van der Waals surface area (Å²) in [5.41, 5.74) is 0. The van der Waals surface area contributed by atoms with Crippen LogP contribution in [0.1, 0.15) is 251 Å². The Hall–Kier alpha value is -2.02. The predicted octanol–water partition coefficient (Wildman–Crippen LogP) is 10.7. The largest absolute Gasteiger partial charge is 0.462 e. The lowest BCUT2D eigenvalue weighted by atomic mass is 9.98. The highest BCUT2D eigenvalue weighted by Gasteiger charge is 2.47. The minimum absolute atomic E-state index is 0.169. The number of carbonyl (C=O) groups excluding carboxylic acids is 2. The van der Waals surface area contributed by atoms with E-state index in [2.05, 4.69) is 38.2 Å². The number of aliphatic hydroxyl groups is 7. The zero-order valence-electron chi connectivity index (χ0n) is 47.0. The van der Waals surface area contributed by atoms with E-state index in [1.807, 2.05) is 0 Å². The standard InChI is InChI=1S/C60H110O15/c1-3-5-7-9-11-13-15-17-19-21-22-23-24-25-27-29-31-33-35-37-39-41-43-52(63)73-48(45-70-51(62)42-40-38-36-34-32-30-28-26-20-18-16-14-12-10-8-6-4-2)46-71-59-58(69)56(67)54(65)50(75-59)47-72-60-57(68)55(66)53(64)49(44-61)74-60/h12,14,18,20,48-50,53-61,64-69H,3-11,13,15-17,19,21-47H2,1-2H3/b14-12+,20-18+/t48-,49+,50+,53-,54-,55?,56?,57?,58?,59+,60+/m1/s1. The minimum atomic E-state index is -1.76. The maximum Gasteiger partial charge on any atom is 0.306 e. The van der Waals surface area contributed by atoms with Crippen molar-refractivity contribution < 1.29 is 73.8 Å². The number of ether oxygens (including phenoxy) is 6.